The maximum Gasteiger partial charge on any atom is 0.137 e. The van der Waals surface area contributed by atoms with Crippen molar-refractivity contribution in [1.82, 2.24) is 5.16 Å². The largest absolute Gasteiger partial charge is 0.361 e. The number of aromatic nitrogens is 1. The van der Waals surface area contributed by atoms with Crippen LogP contribution in [0.1, 0.15) is 30.4 Å². The summed E-state index contributed by atoms with van der Waals surface area (Å²) in [5, 5.41) is 3.86. The summed E-state index contributed by atoms with van der Waals surface area (Å²) in [6.07, 6.45) is 2.24. The van der Waals surface area contributed by atoms with E-state index in [9.17, 15) is 0 Å². The zero-order chi connectivity index (χ0) is 7.56. The lowest BCUT2D eigenvalue weighted by Crippen LogP contribution is -1.85. The van der Waals surface area contributed by atoms with Gasteiger partial charge in [0.25, 0.3) is 0 Å². The summed E-state index contributed by atoms with van der Waals surface area (Å²) >= 11 is 0. The van der Waals surface area contributed by atoms with Crippen LogP contribution in [0, 0.1) is 13.8 Å². The molecule has 0 saturated heterocycles. The molecular formula is C8H13NO. The summed E-state index contributed by atoms with van der Waals surface area (Å²) in [7, 11) is 0. The van der Waals surface area contributed by atoms with Crippen LogP contribution in [0.2, 0.25) is 0 Å². The van der Waals surface area contributed by atoms with Gasteiger partial charge in [0.2, 0.25) is 0 Å². The second-order valence-corrected chi connectivity index (χ2v) is 2.55. The molecule has 0 aromatic carbocycles. The molecular weight excluding hydrogens is 126 g/mol. The van der Waals surface area contributed by atoms with E-state index in [-0.39, 0.29) is 0 Å². The van der Waals surface area contributed by atoms with Gasteiger partial charge in [-0.1, -0.05) is 18.5 Å². The molecule has 0 N–H and O–H groups in total. The Kier molecular flexibility index (Phi) is 2.10. The van der Waals surface area contributed by atoms with Gasteiger partial charge < -0.3 is 4.52 Å². The van der Waals surface area contributed by atoms with Crippen LogP contribution in [0.4, 0.5) is 0 Å². The van der Waals surface area contributed by atoms with Crippen molar-refractivity contribution in [3.63, 3.8) is 0 Å². The van der Waals surface area contributed by atoms with Crippen LogP contribution in [0.3, 0.4) is 0 Å². The van der Waals surface area contributed by atoms with Gasteiger partial charge >= 0.3 is 0 Å². The zero-order valence-electron chi connectivity index (χ0n) is 6.77. The van der Waals surface area contributed by atoms with E-state index in [1.54, 1.807) is 0 Å². The molecule has 0 unspecified atom stereocenters. The predicted octanol–water partition coefficient (Wildman–Crippen LogP) is 2.24. The van der Waals surface area contributed by atoms with E-state index < -0.39 is 0 Å². The molecule has 1 heterocycles. The van der Waals surface area contributed by atoms with Gasteiger partial charge in [0, 0.05) is 5.56 Å². The average Bonchev–Trinajstić information content (AvgIpc) is 2.20. The van der Waals surface area contributed by atoms with E-state index in [1.807, 2.05) is 13.8 Å². The normalized spacial score (nSPS) is 10.3. The van der Waals surface area contributed by atoms with Crippen molar-refractivity contribution < 1.29 is 4.52 Å². The summed E-state index contributed by atoms with van der Waals surface area (Å²) in [5.41, 5.74) is 2.32. The topological polar surface area (TPSA) is 26.0 Å². The Morgan fingerprint density at radius 3 is 2.50 bits per heavy atom. The van der Waals surface area contributed by atoms with Crippen molar-refractivity contribution in [2.45, 2.75) is 33.6 Å². The van der Waals surface area contributed by atoms with Gasteiger partial charge in [-0.05, 0) is 20.3 Å². The van der Waals surface area contributed by atoms with Gasteiger partial charge in [0.05, 0.1) is 5.69 Å². The molecule has 2 nitrogen and oxygen atoms in total. The molecule has 0 saturated carbocycles. The lowest BCUT2D eigenvalue weighted by molar-refractivity contribution is 0.392. The molecule has 0 amide bonds. The number of nitrogens with zero attached hydrogens (tertiary/aromatic N) is 1. The third-order valence-electron chi connectivity index (χ3n) is 1.68. The van der Waals surface area contributed by atoms with E-state index in [1.165, 1.54) is 5.56 Å². The molecule has 1 aromatic rings. The highest BCUT2D eigenvalue weighted by atomic mass is 16.5. The second-order valence-electron chi connectivity index (χ2n) is 2.55. The third kappa shape index (κ3) is 1.20. The van der Waals surface area contributed by atoms with Crippen LogP contribution in [-0.2, 0) is 6.42 Å². The van der Waals surface area contributed by atoms with Gasteiger partial charge in [-0.25, -0.2) is 0 Å². The number of aryl methyl sites for hydroxylation is 2. The standard InChI is InChI=1S/C8H13NO/c1-4-5-8-6(2)9-10-7(8)3/h4-5H2,1-3H3. The number of rotatable bonds is 2. The molecule has 0 atom stereocenters. The van der Waals surface area contributed by atoms with E-state index >= 15 is 0 Å². The molecule has 0 aliphatic carbocycles. The van der Waals surface area contributed by atoms with E-state index in [4.69, 9.17) is 4.52 Å². The Morgan fingerprint density at radius 1 is 1.40 bits per heavy atom. The molecule has 0 bridgehead atoms. The highest BCUT2D eigenvalue weighted by Gasteiger charge is 2.05. The molecule has 56 valence electrons. The van der Waals surface area contributed by atoms with Crippen molar-refractivity contribution in [3.8, 4) is 0 Å². The van der Waals surface area contributed by atoms with Gasteiger partial charge in [-0.3, -0.25) is 0 Å². The Bertz CT molecular complexity index is 196. The molecule has 2 heteroatoms. The predicted molar refractivity (Wildman–Crippen MR) is 40.0 cm³/mol. The molecule has 0 aliphatic heterocycles. The van der Waals surface area contributed by atoms with E-state index in [0.29, 0.717) is 0 Å². The Hall–Kier alpha value is -0.790. The van der Waals surface area contributed by atoms with Gasteiger partial charge in [-0.2, -0.15) is 0 Å². The fourth-order valence-electron chi connectivity index (χ4n) is 1.11. The van der Waals surface area contributed by atoms with Crippen molar-refractivity contribution in [3.05, 3.63) is 17.0 Å². The van der Waals surface area contributed by atoms with Crippen LogP contribution in [0.15, 0.2) is 4.52 Å². The SMILES string of the molecule is CCCc1c(C)noc1C. The van der Waals surface area contributed by atoms with E-state index in [2.05, 4.69) is 12.1 Å². The molecule has 1 aromatic heterocycles. The quantitative estimate of drug-likeness (QED) is 0.628. The van der Waals surface area contributed by atoms with Crippen molar-refractivity contribution in [1.29, 1.82) is 0 Å². The smallest absolute Gasteiger partial charge is 0.137 e. The minimum absolute atomic E-state index is 0.972. The maximum absolute atomic E-state index is 5.00. The highest BCUT2D eigenvalue weighted by molar-refractivity contribution is 5.20. The number of hydrogen-bond acceptors (Lipinski definition) is 2. The monoisotopic (exact) mass is 139 g/mol. The first kappa shape index (κ1) is 7.32. The summed E-state index contributed by atoms with van der Waals surface area (Å²) in [4.78, 5) is 0. The van der Waals surface area contributed by atoms with Crippen molar-refractivity contribution in [2.24, 2.45) is 0 Å². The van der Waals surface area contributed by atoms with Crippen molar-refractivity contribution >= 4 is 0 Å². The molecule has 0 radical (unpaired) electrons. The minimum Gasteiger partial charge on any atom is -0.361 e. The lowest BCUT2D eigenvalue weighted by atomic mass is 10.1. The Balaban J connectivity index is 2.87. The van der Waals surface area contributed by atoms with Crippen LogP contribution < -0.4 is 0 Å². The van der Waals surface area contributed by atoms with Gasteiger partial charge in [0.1, 0.15) is 5.76 Å². The summed E-state index contributed by atoms with van der Waals surface area (Å²) in [5.74, 6) is 0.972. The summed E-state index contributed by atoms with van der Waals surface area (Å²) < 4.78 is 5.00. The summed E-state index contributed by atoms with van der Waals surface area (Å²) in [6, 6.07) is 0. The van der Waals surface area contributed by atoms with E-state index in [0.717, 1.165) is 24.3 Å². The van der Waals surface area contributed by atoms with Crippen LogP contribution in [0.5, 0.6) is 0 Å². The molecule has 0 fully saturated rings. The molecule has 0 spiro atoms. The zero-order valence-corrected chi connectivity index (χ0v) is 6.77. The van der Waals surface area contributed by atoms with Crippen LogP contribution >= 0.6 is 0 Å². The molecule has 0 aliphatic rings. The van der Waals surface area contributed by atoms with Crippen LogP contribution in [-0.4, -0.2) is 5.16 Å². The molecule has 1 rings (SSSR count). The average molecular weight is 139 g/mol. The maximum atomic E-state index is 5.00. The fourth-order valence-corrected chi connectivity index (χ4v) is 1.11. The lowest BCUT2D eigenvalue weighted by Gasteiger charge is -1.92. The third-order valence-corrected chi connectivity index (χ3v) is 1.68. The number of hydrogen-bond donors (Lipinski definition) is 0. The first-order valence-electron chi connectivity index (χ1n) is 3.67. The first-order chi connectivity index (χ1) is 4.75. The highest BCUT2D eigenvalue weighted by Crippen LogP contribution is 2.13. The van der Waals surface area contributed by atoms with Crippen LogP contribution in [0.25, 0.3) is 0 Å². The Morgan fingerprint density at radius 2 is 2.10 bits per heavy atom. The van der Waals surface area contributed by atoms with Crippen molar-refractivity contribution in [2.75, 3.05) is 0 Å². The summed E-state index contributed by atoms with van der Waals surface area (Å²) in [6.45, 7) is 6.11. The first-order valence-corrected chi connectivity index (χ1v) is 3.67. The minimum atomic E-state index is 0.972. The fraction of sp³-hybridized carbons (Fsp3) is 0.625. The van der Waals surface area contributed by atoms with Gasteiger partial charge in [0.15, 0.2) is 0 Å². The van der Waals surface area contributed by atoms with Gasteiger partial charge in [-0.15, -0.1) is 0 Å². The Labute approximate surface area is 61.2 Å². The second kappa shape index (κ2) is 2.86. The molecule has 10 heavy (non-hydrogen) atoms.